The number of nitrogens with one attached hydrogen (secondary N) is 2. The molecule has 3 heterocycles. The molecule has 158 valence electrons. The number of hydrogen-bond donors (Lipinski definition) is 2. The Labute approximate surface area is 188 Å². The van der Waals surface area contributed by atoms with E-state index in [4.69, 9.17) is 9.72 Å². The maximum atomic E-state index is 12.9. The highest BCUT2D eigenvalue weighted by molar-refractivity contribution is 7.21. The topological polar surface area (TPSA) is 92.8 Å². The van der Waals surface area contributed by atoms with Crippen LogP contribution in [0.25, 0.3) is 32.2 Å². The summed E-state index contributed by atoms with van der Waals surface area (Å²) in [6.07, 6.45) is 1.76. The zero-order valence-electron chi connectivity index (χ0n) is 17.4. The first-order valence-corrected chi connectivity index (χ1v) is 10.8. The SMILES string of the molecule is COc1cccc(-c2cc(C(=O)Nc3cccc(-c4nc5cccnc5s4)c3C)[nH]n2)c1. The molecule has 0 atom stereocenters. The number of aromatic nitrogens is 4. The van der Waals surface area contributed by atoms with Crippen molar-refractivity contribution in [3.63, 3.8) is 0 Å². The zero-order valence-corrected chi connectivity index (χ0v) is 18.2. The molecule has 0 fully saturated rings. The number of carbonyl (C=O) groups excluding carboxylic acids is 1. The number of nitrogens with zero attached hydrogens (tertiary/aromatic N) is 3. The van der Waals surface area contributed by atoms with Gasteiger partial charge in [-0.25, -0.2) is 9.97 Å². The molecule has 5 rings (SSSR count). The standard InChI is InChI=1S/C24H19N5O2S/c1-14-17(23-27-19-10-5-11-25-24(19)32-23)8-4-9-18(14)26-22(30)21-13-20(28-29-21)15-6-3-7-16(12-15)31-2/h3-13H,1-2H3,(H,26,30)(H,28,29). The van der Waals surface area contributed by atoms with Gasteiger partial charge in [-0.15, -0.1) is 0 Å². The number of amides is 1. The highest BCUT2D eigenvalue weighted by atomic mass is 32.1. The minimum absolute atomic E-state index is 0.266. The van der Waals surface area contributed by atoms with Crippen LogP contribution in [0.1, 0.15) is 16.1 Å². The third-order valence-corrected chi connectivity index (χ3v) is 6.18. The van der Waals surface area contributed by atoms with E-state index in [-0.39, 0.29) is 5.91 Å². The van der Waals surface area contributed by atoms with Crippen LogP contribution in [-0.4, -0.2) is 33.2 Å². The Bertz CT molecular complexity index is 1410. The van der Waals surface area contributed by atoms with E-state index in [2.05, 4.69) is 20.5 Å². The van der Waals surface area contributed by atoms with Crippen LogP contribution in [0.4, 0.5) is 5.69 Å². The number of H-pyrrole nitrogens is 1. The quantitative estimate of drug-likeness (QED) is 0.385. The number of aromatic amines is 1. The van der Waals surface area contributed by atoms with Gasteiger partial charge in [0.25, 0.3) is 5.91 Å². The van der Waals surface area contributed by atoms with Gasteiger partial charge in [0.15, 0.2) is 0 Å². The number of ether oxygens (including phenoxy) is 1. The van der Waals surface area contributed by atoms with Gasteiger partial charge in [-0.3, -0.25) is 9.89 Å². The number of hydrogen-bond acceptors (Lipinski definition) is 6. The average Bonchev–Trinajstić information content (AvgIpc) is 3.48. The molecule has 5 aromatic rings. The van der Waals surface area contributed by atoms with E-state index in [1.807, 2.05) is 61.5 Å². The van der Waals surface area contributed by atoms with Gasteiger partial charge in [0.2, 0.25) is 0 Å². The van der Waals surface area contributed by atoms with Crippen LogP contribution < -0.4 is 10.1 Å². The number of rotatable bonds is 5. The number of fused-ring (bicyclic) bond motifs is 1. The monoisotopic (exact) mass is 441 g/mol. The summed E-state index contributed by atoms with van der Waals surface area (Å²) in [5, 5.41) is 11.0. The second-order valence-electron chi connectivity index (χ2n) is 7.18. The Balaban J connectivity index is 1.40. The number of carbonyl (C=O) groups is 1. The molecule has 0 aliphatic rings. The number of thiazole rings is 1. The number of benzene rings is 2. The van der Waals surface area contributed by atoms with Gasteiger partial charge in [-0.1, -0.05) is 35.6 Å². The maximum Gasteiger partial charge on any atom is 0.273 e. The van der Waals surface area contributed by atoms with Crippen molar-refractivity contribution < 1.29 is 9.53 Å². The number of methoxy groups -OCH3 is 1. The summed E-state index contributed by atoms with van der Waals surface area (Å²) in [6.45, 7) is 1.97. The van der Waals surface area contributed by atoms with Crippen molar-refractivity contribution in [3.8, 4) is 27.6 Å². The molecule has 32 heavy (non-hydrogen) atoms. The van der Waals surface area contributed by atoms with Gasteiger partial charge in [-0.2, -0.15) is 5.10 Å². The fourth-order valence-corrected chi connectivity index (χ4v) is 4.44. The second-order valence-corrected chi connectivity index (χ2v) is 8.16. The first kappa shape index (κ1) is 19.9. The summed E-state index contributed by atoms with van der Waals surface area (Å²) < 4.78 is 5.26. The van der Waals surface area contributed by atoms with Gasteiger partial charge in [-0.05, 0) is 48.9 Å². The van der Waals surface area contributed by atoms with Gasteiger partial charge < -0.3 is 10.1 Å². The fraction of sp³-hybridized carbons (Fsp3) is 0.0833. The molecule has 7 nitrogen and oxygen atoms in total. The number of pyridine rings is 1. The molecule has 8 heteroatoms. The van der Waals surface area contributed by atoms with Crippen LogP contribution in [0.2, 0.25) is 0 Å². The van der Waals surface area contributed by atoms with Crippen molar-refractivity contribution in [1.82, 2.24) is 20.2 Å². The summed E-state index contributed by atoms with van der Waals surface area (Å²) in [5.74, 6) is 0.465. The molecule has 1 amide bonds. The first-order valence-electron chi connectivity index (χ1n) is 9.95. The largest absolute Gasteiger partial charge is 0.497 e. The summed E-state index contributed by atoms with van der Waals surface area (Å²) in [4.78, 5) is 22.8. The lowest BCUT2D eigenvalue weighted by Gasteiger charge is -2.10. The van der Waals surface area contributed by atoms with Crippen molar-refractivity contribution in [2.75, 3.05) is 12.4 Å². The zero-order chi connectivity index (χ0) is 22.1. The Morgan fingerprint density at radius 3 is 2.81 bits per heavy atom. The van der Waals surface area contributed by atoms with Crippen molar-refractivity contribution >= 4 is 33.3 Å². The van der Waals surface area contributed by atoms with Crippen LogP contribution in [0.5, 0.6) is 5.75 Å². The lowest BCUT2D eigenvalue weighted by atomic mass is 10.1. The lowest BCUT2D eigenvalue weighted by Crippen LogP contribution is -2.13. The molecule has 0 saturated carbocycles. The molecular formula is C24H19N5O2S. The van der Waals surface area contributed by atoms with Crippen LogP contribution in [0.3, 0.4) is 0 Å². The van der Waals surface area contributed by atoms with Crippen molar-refractivity contribution in [2.24, 2.45) is 0 Å². The summed E-state index contributed by atoms with van der Waals surface area (Å²) in [5.41, 5.74) is 5.39. The smallest absolute Gasteiger partial charge is 0.273 e. The molecule has 0 bridgehead atoms. The van der Waals surface area contributed by atoms with Crippen LogP contribution in [0, 0.1) is 6.92 Å². The molecule has 0 aliphatic carbocycles. The third kappa shape index (κ3) is 3.72. The first-order chi connectivity index (χ1) is 15.6. The van der Waals surface area contributed by atoms with E-state index >= 15 is 0 Å². The van der Waals surface area contributed by atoms with E-state index in [0.717, 1.165) is 43.5 Å². The normalized spacial score (nSPS) is 10.9. The lowest BCUT2D eigenvalue weighted by molar-refractivity contribution is 0.102. The average molecular weight is 442 g/mol. The molecule has 3 aromatic heterocycles. The fourth-order valence-electron chi connectivity index (χ4n) is 3.45. The van der Waals surface area contributed by atoms with Gasteiger partial charge in [0.05, 0.1) is 12.8 Å². The van der Waals surface area contributed by atoms with E-state index < -0.39 is 0 Å². The molecule has 0 aliphatic heterocycles. The Hall–Kier alpha value is -4.04. The van der Waals surface area contributed by atoms with Gasteiger partial charge in [0.1, 0.15) is 26.8 Å². The highest BCUT2D eigenvalue weighted by Gasteiger charge is 2.16. The Morgan fingerprint density at radius 1 is 1.09 bits per heavy atom. The van der Waals surface area contributed by atoms with Crippen molar-refractivity contribution in [3.05, 3.63) is 78.1 Å². The molecule has 0 spiro atoms. The molecule has 0 unspecified atom stereocenters. The van der Waals surface area contributed by atoms with E-state index in [0.29, 0.717) is 11.4 Å². The van der Waals surface area contributed by atoms with Crippen LogP contribution >= 0.6 is 11.3 Å². The van der Waals surface area contributed by atoms with Gasteiger partial charge in [0, 0.05) is 23.0 Å². The van der Waals surface area contributed by atoms with E-state index in [1.54, 1.807) is 19.4 Å². The van der Waals surface area contributed by atoms with Crippen molar-refractivity contribution in [1.29, 1.82) is 0 Å². The Morgan fingerprint density at radius 2 is 1.97 bits per heavy atom. The van der Waals surface area contributed by atoms with Crippen LogP contribution in [-0.2, 0) is 0 Å². The summed E-state index contributed by atoms with van der Waals surface area (Å²) in [7, 11) is 1.61. The minimum Gasteiger partial charge on any atom is -0.497 e. The molecule has 0 saturated heterocycles. The van der Waals surface area contributed by atoms with E-state index in [1.165, 1.54) is 11.3 Å². The van der Waals surface area contributed by atoms with Gasteiger partial charge >= 0.3 is 0 Å². The van der Waals surface area contributed by atoms with Crippen molar-refractivity contribution in [2.45, 2.75) is 6.92 Å². The summed E-state index contributed by atoms with van der Waals surface area (Å²) in [6, 6.07) is 18.9. The summed E-state index contributed by atoms with van der Waals surface area (Å²) >= 11 is 1.53. The highest BCUT2D eigenvalue weighted by Crippen LogP contribution is 2.33. The predicted molar refractivity (Wildman–Crippen MR) is 126 cm³/mol. The molecular weight excluding hydrogens is 422 g/mol. The van der Waals surface area contributed by atoms with E-state index in [9.17, 15) is 4.79 Å². The third-order valence-electron chi connectivity index (χ3n) is 5.17. The molecule has 2 aromatic carbocycles. The van der Waals surface area contributed by atoms with Crippen LogP contribution in [0.15, 0.2) is 66.9 Å². The number of anilines is 1. The predicted octanol–water partition coefficient (Wildman–Crippen LogP) is 5.32. The molecule has 2 N–H and O–H groups in total. The molecule has 0 radical (unpaired) electrons. The second kappa shape index (κ2) is 8.24. The minimum atomic E-state index is -0.266. The Kier molecular flexibility index (Phi) is 5.12. The maximum absolute atomic E-state index is 12.9.